The highest BCUT2D eigenvalue weighted by molar-refractivity contribution is 9.10. The van der Waals surface area contributed by atoms with Crippen molar-refractivity contribution in [3.05, 3.63) is 63.6 Å². The van der Waals surface area contributed by atoms with Crippen LogP contribution in [-0.2, 0) is 6.18 Å². The van der Waals surface area contributed by atoms with Crippen molar-refractivity contribution in [3.8, 4) is 0 Å². The summed E-state index contributed by atoms with van der Waals surface area (Å²) in [6.07, 6.45) is -2.18. The Hall–Kier alpha value is -1.47. The summed E-state index contributed by atoms with van der Waals surface area (Å²) in [5.41, 5.74) is 5.27. The van der Waals surface area contributed by atoms with Crippen molar-refractivity contribution >= 4 is 15.9 Å². The number of benzene rings is 1. The number of pyridine rings is 1. The monoisotopic (exact) mass is 348 g/mol. The first-order chi connectivity index (χ1) is 9.30. The van der Waals surface area contributed by atoms with Crippen LogP contribution in [0, 0.1) is 5.82 Å². The SMILES string of the molecule is NC(c1ccncc1F)c1cc(C(F)(F)F)ccc1Br. The maximum absolute atomic E-state index is 13.6. The predicted octanol–water partition coefficient (Wildman–Crippen LogP) is 4.05. The van der Waals surface area contributed by atoms with E-state index in [1.807, 2.05) is 0 Å². The van der Waals surface area contributed by atoms with Gasteiger partial charge in [0.25, 0.3) is 0 Å². The highest BCUT2D eigenvalue weighted by atomic mass is 79.9. The molecule has 0 aliphatic rings. The van der Waals surface area contributed by atoms with E-state index in [0.29, 0.717) is 4.47 Å². The zero-order chi connectivity index (χ0) is 14.9. The minimum atomic E-state index is -4.48. The largest absolute Gasteiger partial charge is 0.416 e. The number of aromatic nitrogens is 1. The van der Waals surface area contributed by atoms with E-state index in [9.17, 15) is 17.6 Å². The smallest absolute Gasteiger partial charge is 0.320 e. The number of hydrogen-bond donors (Lipinski definition) is 1. The average molecular weight is 349 g/mol. The normalized spacial score (nSPS) is 13.3. The maximum atomic E-state index is 13.6. The second-order valence-corrected chi connectivity index (χ2v) is 4.96. The molecule has 1 aromatic heterocycles. The predicted molar refractivity (Wildman–Crippen MR) is 69.4 cm³/mol. The van der Waals surface area contributed by atoms with Gasteiger partial charge in [-0.25, -0.2) is 4.39 Å². The number of hydrogen-bond acceptors (Lipinski definition) is 2. The van der Waals surface area contributed by atoms with E-state index < -0.39 is 23.6 Å². The Labute approximate surface area is 120 Å². The maximum Gasteiger partial charge on any atom is 0.416 e. The van der Waals surface area contributed by atoms with E-state index >= 15 is 0 Å². The van der Waals surface area contributed by atoms with Gasteiger partial charge >= 0.3 is 6.18 Å². The molecule has 2 N–H and O–H groups in total. The number of nitrogens with zero attached hydrogens (tertiary/aromatic N) is 1. The van der Waals surface area contributed by atoms with Crippen LogP contribution in [0.3, 0.4) is 0 Å². The fourth-order valence-electron chi connectivity index (χ4n) is 1.76. The van der Waals surface area contributed by atoms with Crippen molar-refractivity contribution in [2.45, 2.75) is 12.2 Å². The molecule has 0 spiro atoms. The van der Waals surface area contributed by atoms with E-state index in [4.69, 9.17) is 5.73 Å². The standard InChI is InChI=1S/C13H9BrF4N2/c14-10-2-1-7(13(16,17)18)5-9(10)12(19)8-3-4-20-6-11(8)15/h1-6,12H,19H2. The van der Waals surface area contributed by atoms with Crippen LogP contribution in [0.2, 0.25) is 0 Å². The Kier molecular flexibility index (Phi) is 4.10. The average Bonchev–Trinajstić information content (AvgIpc) is 2.37. The van der Waals surface area contributed by atoms with Crippen molar-refractivity contribution in [2.75, 3.05) is 0 Å². The Bertz CT molecular complexity index is 628. The van der Waals surface area contributed by atoms with E-state index in [1.165, 1.54) is 18.3 Å². The van der Waals surface area contributed by atoms with Crippen molar-refractivity contribution < 1.29 is 17.6 Å². The van der Waals surface area contributed by atoms with Gasteiger partial charge in [0, 0.05) is 16.2 Å². The van der Waals surface area contributed by atoms with Crippen LogP contribution in [-0.4, -0.2) is 4.98 Å². The molecule has 0 aliphatic carbocycles. The minimum absolute atomic E-state index is 0.0834. The summed E-state index contributed by atoms with van der Waals surface area (Å²) in [7, 11) is 0. The first-order valence-electron chi connectivity index (χ1n) is 5.52. The molecular formula is C13H9BrF4N2. The molecule has 106 valence electrons. The van der Waals surface area contributed by atoms with Crippen molar-refractivity contribution in [3.63, 3.8) is 0 Å². The number of halogens is 5. The van der Waals surface area contributed by atoms with Gasteiger partial charge < -0.3 is 5.73 Å². The zero-order valence-corrected chi connectivity index (χ0v) is 11.5. The van der Waals surface area contributed by atoms with Gasteiger partial charge in [-0.05, 0) is 29.8 Å². The van der Waals surface area contributed by atoms with Gasteiger partial charge in [0.15, 0.2) is 0 Å². The highest BCUT2D eigenvalue weighted by Gasteiger charge is 2.31. The van der Waals surface area contributed by atoms with E-state index in [2.05, 4.69) is 20.9 Å². The van der Waals surface area contributed by atoms with Crippen molar-refractivity contribution in [1.82, 2.24) is 4.98 Å². The third-order valence-corrected chi connectivity index (χ3v) is 3.52. The van der Waals surface area contributed by atoms with E-state index in [0.717, 1.165) is 18.3 Å². The lowest BCUT2D eigenvalue weighted by molar-refractivity contribution is -0.137. The molecule has 0 fully saturated rings. The van der Waals surface area contributed by atoms with Gasteiger partial charge in [-0.1, -0.05) is 15.9 Å². The lowest BCUT2D eigenvalue weighted by Gasteiger charge is -2.17. The van der Waals surface area contributed by atoms with Crippen LogP contribution >= 0.6 is 15.9 Å². The number of rotatable bonds is 2. The molecule has 0 saturated heterocycles. The van der Waals surface area contributed by atoms with Gasteiger partial charge in [0.2, 0.25) is 0 Å². The van der Waals surface area contributed by atoms with Crippen molar-refractivity contribution in [2.24, 2.45) is 5.73 Å². The Morgan fingerprint density at radius 1 is 1.15 bits per heavy atom. The summed E-state index contributed by atoms with van der Waals surface area (Å²) in [6, 6.07) is 3.41. The van der Waals surface area contributed by atoms with Gasteiger partial charge in [0.05, 0.1) is 17.8 Å². The Morgan fingerprint density at radius 2 is 1.85 bits per heavy atom. The van der Waals surface area contributed by atoms with Gasteiger partial charge in [-0.3, -0.25) is 4.98 Å². The molecule has 7 heteroatoms. The minimum Gasteiger partial charge on any atom is -0.320 e. The molecule has 20 heavy (non-hydrogen) atoms. The number of nitrogens with two attached hydrogens (primary N) is 1. The molecule has 1 unspecified atom stereocenters. The molecule has 0 radical (unpaired) electrons. The summed E-state index contributed by atoms with van der Waals surface area (Å²) in [5.74, 6) is -0.663. The zero-order valence-electron chi connectivity index (χ0n) is 9.96. The van der Waals surface area contributed by atoms with Crippen LogP contribution in [0.5, 0.6) is 0 Å². The van der Waals surface area contributed by atoms with Crippen molar-refractivity contribution in [1.29, 1.82) is 0 Å². The fraction of sp³-hybridized carbons (Fsp3) is 0.154. The van der Waals surface area contributed by atoms with Crippen LogP contribution in [0.4, 0.5) is 17.6 Å². The van der Waals surface area contributed by atoms with Gasteiger partial charge in [-0.2, -0.15) is 13.2 Å². The molecule has 1 aromatic carbocycles. The molecule has 2 rings (SSSR count). The first-order valence-corrected chi connectivity index (χ1v) is 6.31. The summed E-state index contributed by atoms with van der Waals surface area (Å²) >= 11 is 3.13. The van der Waals surface area contributed by atoms with Crippen LogP contribution in [0.15, 0.2) is 41.1 Å². The van der Waals surface area contributed by atoms with E-state index in [1.54, 1.807) is 0 Å². The van der Waals surface area contributed by atoms with Crippen LogP contribution in [0.25, 0.3) is 0 Å². The summed E-state index contributed by atoms with van der Waals surface area (Å²) < 4.78 is 52.1. The molecule has 0 aliphatic heterocycles. The second kappa shape index (κ2) is 5.49. The first kappa shape index (κ1) is 14.9. The summed E-state index contributed by atoms with van der Waals surface area (Å²) in [6.45, 7) is 0. The topological polar surface area (TPSA) is 38.9 Å². The fourth-order valence-corrected chi connectivity index (χ4v) is 2.26. The molecule has 1 atom stereocenters. The second-order valence-electron chi connectivity index (χ2n) is 4.11. The molecule has 0 saturated carbocycles. The molecule has 2 nitrogen and oxygen atoms in total. The quantitative estimate of drug-likeness (QED) is 0.831. The lowest BCUT2D eigenvalue weighted by Crippen LogP contribution is -2.16. The molecule has 0 bridgehead atoms. The molecule has 0 amide bonds. The Balaban J connectivity index is 2.50. The Morgan fingerprint density at radius 3 is 2.45 bits per heavy atom. The van der Waals surface area contributed by atoms with Gasteiger partial charge in [-0.15, -0.1) is 0 Å². The van der Waals surface area contributed by atoms with Gasteiger partial charge in [0.1, 0.15) is 5.82 Å². The third kappa shape index (κ3) is 2.99. The summed E-state index contributed by atoms with van der Waals surface area (Å²) in [4.78, 5) is 3.58. The van der Waals surface area contributed by atoms with Crippen LogP contribution in [0.1, 0.15) is 22.7 Å². The molecule has 1 heterocycles. The highest BCUT2D eigenvalue weighted by Crippen LogP contribution is 2.35. The van der Waals surface area contributed by atoms with Crippen LogP contribution < -0.4 is 5.73 Å². The molecule has 2 aromatic rings. The van der Waals surface area contributed by atoms with E-state index in [-0.39, 0.29) is 11.1 Å². The third-order valence-electron chi connectivity index (χ3n) is 2.80. The number of alkyl halides is 3. The lowest BCUT2D eigenvalue weighted by atomic mass is 9.98. The summed E-state index contributed by atoms with van der Waals surface area (Å²) in [5, 5.41) is 0. The molecular weight excluding hydrogens is 340 g/mol.